The van der Waals surface area contributed by atoms with Crippen LogP contribution >= 0.6 is 45.3 Å². The first-order chi connectivity index (χ1) is 59.3. The number of nitrogens with two attached hydrogens (primary N) is 6. The molecule has 3 saturated heterocycles. The second-order valence-corrected chi connectivity index (χ2v) is 32.8. The van der Waals surface area contributed by atoms with Gasteiger partial charge < -0.3 is 102 Å². The minimum atomic E-state index is -0.829. The van der Waals surface area contributed by atoms with Gasteiger partial charge in [-0.1, -0.05) is 48.5 Å². The van der Waals surface area contributed by atoms with Crippen LogP contribution in [-0.2, 0) is 28.8 Å². The molecule has 38 nitrogen and oxygen atoms in total. The predicted molar refractivity (Wildman–Crippen MR) is 494 cm³/mol. The lowest BCUT2D eigenvalue weighted by Crippen LogP contribution is -2.54. The Bertz CT molecular complexity index is 4780. The number of nitrogens with one attached hydrogen (secondary N) is 8. The Morgan fingerprint density at radius 3 is 1.23 bits per heavy atom. The third-order valence-corrected chi connectivity index (χ3v) is 23.6. The van der Waals surface area contributed by atoms with E-state index in [-0.39, 0.29) is 65.9 Å². The van der Waals surface area contributed by atoms with Crippen LogP contribution < -0.4 is 76.9 Å². The molecule has 4 amide bonds. The number of fused-ring (bicyclic) bond motifs is 4. The number of likely N-dealkylation sites (N-methyl/N-ethyl adjacent to an activating group) is 3. The van der Waals surface area contributed by atoms with Crippen molar-refractivity contribution in [3.63, 3.8) is 0 Å². The number of β-amino-alcohol motifs (C(OH)–C–C–N with tert-alkyl or cyclic N) is 2. The maximum absolute atomic E-state index is 13.3. The monoisotopic (exact) mass is 1790 g/mol. The van der Waals surface area contributed by atoms with E-state index >= 15 is 0 Å². The summed E-state index contributed by atoms with van der Waals surface area (Å²) < 4.78 is 4.20. The molecule has 42 heteroatoms. The number of Topliss-reactive ketones (excluding diaryl/α,β-unsaturated/α-hetero) is 4. The number of hydrogen-bond donors (Lipinski definition) is 17. The zero-order chi connectivity index (χ0) is 91.5. The zero-order valence-corrected chi connectivity index (χ0v) is 75.6. The summed E-state index contributed by atoms with van der Waals surface area (Å²) in [5, 5.41) is 53.6. The number of carboxylic acid groups (broad SMARTS) is 1. The molecule has 0 unspecified atom stereocenters. The third-order valence-electron chi connectivity index (χ3n) is 19.5. The van der Waals surface area contributed by atoms with Gasteiger partial charge in [0.2, 0.25) is 41.0 Å². The second kappa shape index (κ2) is 54.4. The molecular formula is C82H122N26O12S4. The maximum atomic E-state index is 13.3. The maximum Gasteiger partial charge on any atom is 0.320 e. The van der Waals surface area contributed by atoms with Gasteiger partial charge in [-0.15, -0.1) is 45.3 Å². The number of amides is 4. The Kier molecular flexibility index (Phi) is 45.3. The van der Waals surface area contributed by atoms with E-state index in [1.807, 2.05) is 97.9 Å². The molecule has 4 aromatic heterocycles. The largest absolute Gasteiger partial charge is 0.480 e. The summed E-state index contributed by atoms with van der Waals surface area (Å²) in [6, 6.07) is 27.7. The number of ketones is 4. The number of carbonyl (C=O) groups excluding carboxylic acids is 8. The number of carboxylic acids is 1. The van der Waals surface area contributed by atoms with Crippen molar-refractivity contribution in [2.45, 2.75) is 159 Å². The van der Waals surface area contributed by atoms with E-state index in [0.717, 1.165) is 79.7 Å². The van der Waals surface area contributed by atoms with Crippen molar-refractivity contribution in [1.82, 2.24) is 77.2 Å². The van der Waals surface area contributed by atoms with Crippen molar-refractivity contribution >= 4 is 169 Å². The Morgan fingerprint density at radius 2 is 0.863 bits per heavy atom. The fourth-order valence-corrected chi connectivity index (χ4v) is 16.4. The lowest BCUT2D eigenvalue weighted by molar-refractivity contribution is -0.139. The van der Waals surface area contributed by atoms with E-state index in [4.69, 9.17) is 39.5 Å². The summed E-state index contributed by atoms with van der Waals surface area (Å²) in [7, 11) is 13.2. The van der Waals surface area contributed by atoms with Gasteiger partial charge in [0, 0.05) is 108 Å². The minimum Gasteiger partial charge on any atom is -0.480 e. The van der Waals surface area contributed by atoms with Gasteiger partial charge in [0.1, 0.15) is 12.1 Å². The smallest absolute Gasteiger partial charge is 0.320 e. The van der Waals surface area contributed by atoms with Crippen molar-refractivity contribution in [1.29, 1.82) is 0 Å². The van der Waals surface area contributed by atoms with Crippen LogP contribution in [0, 0.1) is 6.92 Å². The number of guanidine groups is 5. The van der Waals surface area contributed by atoms with Crippen LogP contribution in [0.15, 0.2) is 122 Å². The predicted octanol–water partition coefficient (Wildman–Crippen LogP) is 3.04. The van der Waals surface area contributed by atoms with Gasteiger partial charge in [-0.2, -0.15) is 0 Å². The van der Waals surface area contributed by atoms with Crippen molar-refractivity contribution in [2.75, 3.05) is 102 Å². The number of para-hydroxylation sites is 4. The number of aryl methyl sites for hydroxylation is 1. The van der Waals surface area contributed by atoms with Gasteiger partial charge in [-0.25, -0.2) is 19.9 Å². The standard InChI is InChI=1S/C21H28N6O4S.C15H21N5OS.C14H19N5OS.C8H18N4O2.C8H16N4O.C8H13NO3.C8H7NS/c1-12(28)27-11-13(29)10-16(27)19(31)25-15(7-5-9-24-21(22)23-2)18(30)20-26-14-6-3-4-8-17(14)32-20;1-17-11(7-5-9-19-15(16)18-2)13(21)14-20-10-6-3-4-8-12(10)22-14;1-17-14(16)18-8-4-5-9(15)12(20)13-19-10-6-2-3-7-11(10)21-13;1-10-6(7(13)14)4-3-5-12-8(9)11-2;1-10-6-4-3-5-12(7(6)13)8(9)11-2;1-5(10)8-3-7(12)4-9(8)6(2)11;1-6-9-7-4-2-3-5-8(7)10-6/h3-4,6,8,13,15-16,29H,5,7,9-11H2,1-2H3,(H,25,31)(H3,22,23,24);3-4,6,8,11,17H,5,7,9H2,1-2H3,(H3,16,18,19);2-3,6-7,9H,4-5,8,15H2,1H3,(H3,16,17,18);6,10H,3-5H2,1-2H3,(H,13,14)(H3,9,11,12);6,10H,3-5H2,1-2H3,(H2,9,11);7-8,12H,3-4H2,1-2H3;2-5H,1H3/t13-,15+,16+;11-;9-;2*6-;7-,8+;/m100001./s1. The number of hydrogen-bond acceptors (Lipinski definition) is 28. The van der Waals surface area contributed by atoms with Crippen LogP contribution in [-0.4, -0.2) is 289 Å². The van der Waals surface area contributed by atoms with Crippen LogP contribution in [0.2, 0.25) is 0 Å². The Morgan fingerprint density at radius 1 is 0.500 bits per heavy atom. The number of carbonyl (C=O) groups is 9. The van der Waals surface area contributed by atoms with E-state index in [1.165, 1.54) is 74.2 Å². The molecule has 0 spiro atoms. The molecule has 124 heavy (non-hydrogen) atoms. The molecule has 676 valence electrons. The van der Waals surface area contributed by atoms with Gasteiger partial charge in [0.15, 0.2) is 50.6 Å². The molecule has 0 saturated carbocycles. The highest BCUT2D eigenvalue weighted by atomic mass is 32.1. The second-order valence-electron chi connectivity index (χ2n) is 28.5. The highest BCUT2D eigenvalue weighted by Gasteiger charge is 2.40. The quantitative estimate of drug-likeness (QED) is 0.0139. The van der Waals surface area contributed by atoms with E-state index in [0.29, 0.717) is 116 Å². The van der Waals surface area contributed by atoms with E-state index in [9.17, 15) is 53.4 Å². The number of rotatable bonds is 29. The summed E-state index contributed by atoms with van der Waals surface area (Å²) in [5.74, 6) is -0.326. The van der Waals surface area contributed by atoms with Gasteiger partial charge in [0.05, 0.1) is 88.3 Å². The number of benzene rings is 4. The fraction of sp³-hybridized carbons (Fsp3) is 0.488. The number of aromatic nitrogens is 4. The number of piperidine rings is 1. The van der Waals surface area contributed by atoms with Crippen LogP contribution in [0.5, 0.6) is 0 Å². The summed E-state index contributed by atoms with van der Waals surface area (Å²) >= 11 is 5.84. The van der Waals surface area contributed by atoms with E-state index in [2.05, 4.69) is 93.5 Å². The number of aliphatic hydroxyl groups excluding tert-OH is 2. The number of aliphatic imine (C=N–C) groups is 5. The topological polar surface area (TPSA) is 590 Å². The molecule has 3 fully saturated rings. The highest BCUT2D eigenvalue weighted by molar-refractivity contribution is 7.21. The van der Waals surface area contributed by atoms with Crippen molar-refractivity contribution in [3.8, 4) is 0 Å². The number of aliphatic carboxylic acids is 1. The molecule has 0 radical (unpaired) electrons. The van der Waals surface area contributed by atoms with Crippen LogP contribution in [0.1, 0.15) is 132 Å². The number of nitrogens with zero attached hydrogens (tertiary/aromatic N) is 12. The number of likely N-dealkylation sites (tertiary alicyclic amines) is 3. The first-order valence-electron chi connectivity index (χ1n) is 40.4. The fourth-order valence-electron chi connectivity index (χ4n) is 12.7. The third kappa shape index (κ3) is 33.8. The zero-order valence-electron chi connectivity index (χ0n) is 72.3. The minimum absolute atomic E-state index is 0.0249. The number of aliphatic hydroxyl groups is 2. The lowest BCUT2D eigenvalue weighted by Gasteiger charge is -2.30. The summed E-state index contributed by atoms with van der Waals surface area (Å²) in [6.45, 7) is 9.76. The number of thiazole rings is 4. The summed E-state index contributed by atoms with van der Waals surface area (Å²) in [4.78, 5) is 148. The SMILES string of the molecule is CC(=O)[C@@H]1C[C@@H](O)CN1C(C)=O.CN=C(N)N1CCC[C@H](NC)C1=O.CN=C(N)NCCC[C@H](N)C(=O)c1nc2ccccc2s1.CN=C(N)NCCC[C@H](NC(=O)[C@@H]1C[C@@H](O)CN1C(C)=O)C(=O)c1nc2ccccc2s1.CN=C(N)NCCC[C@H](NC)C(=O)O.CN=C(N)NCCC[C@H](NC)C(=O)c1nc2ccccc2s1.Cc1nc2ccccc2s1. The molecule has 23 N–H and O–H groups in total. The lowest BCUT2D eigenvalue weighted by atomic mass is 10.1. The molecule has 0 aliphatic carbocycles. The van der Waals surface area contributed by atoms with E-state index < -0.39 is 54.3 Å². The molecule has 7 heterocycles. The van der Waals surface area contributed by atoms with E-state index in [1.54, 1.807) is 67.7 Å². The Labute approximate surface area is 738 Å². The van der Waals surface area contributed by atoms with Crippen LogP contribution in [0.3, 0.4) is 0 Å². The van der Waals surface area contributed by atoms with Gasteiger partial charge in [-0.3, -0.25) is 73.0 Å². The molecular weight excluding hydrogens is 1670 g/mol. The molecule has 9 atom stereocenters. The molecule has 3 aliphatic rings. The van der Waals surface area contributed by atoms with Crippen LogP contribution in [0.25, 0.3) is 40.9 Å². The summed E-state index contributed by atoms with van der Waals surface area (Å²) in [5.41, 5.74) is 37.2. The van der Waals surface area contributed by atoms with Gasteiger partial charge in [-0.05, 0) is 148 Å². The highest BCUT2D eigenvalue weighted by Crippen LogP contribution is 2.28. The van der Waals surface area contributed by atoms with Crippen molar-refractivity contribution in [2.24, 2.45) is 59.4 Å². The van der Waals surface area contributed by atoms with Crippen LogP contribution in [0.4, 0.5) is 0 Å². The average Bonchev–Trinajstić information content (AvgIpc) is 1.62. The first-order valence-corrected chi connectivity index (χ1v) is 43.6. The molecule has 11 rings (SSSR count). The van der Waals surface area contributed by atoms with Gasteiger partial charge >= 0.3 is 5.97 Å². The van der Waals surface area contributed by atoms with Crippen molar-refractivity contribution in [3.05, 3.63) is 117 Å². The first kappa shape index (κ1) is 103. The molecule has 0 bridgehead atoms. The average molecular weight is 1790 g/mol. The Balaban J connectivity index is 0.000000266. The Hall–Kier alpha value is -11.2. The molecule has 8 aromatic rings. The van der Waals surface area contributed by atoms with Gasteiger partial charge in [0.25, 0.3) is 0 Å². The molecule has 3 aliphatic heterocycles. The molecule has 4 aromatic carbocycles. The summed E-state index contributed by atoms with van der Waals surface area (Å²) in [6.07, 6.45) is 6.10. The van der Waals surface area contributed by atoms with Crippen molar-refractivity contribution < 1.29 is 58.5 Å². The normalized spacial score (nSPS) is 17.5.